The first-order valence-corrected chi connectivity index (χ1v) is 5.53. The molecule has 0 unspecified atom stereocenters. The molecule has 1 aliphatic rings. The highest BCUT2D eigenvalue weighted by molar-refractivity contribution is 5.87. The lowest BCUT2D eigenvalue weighted by Gasteiger charge is -2.27. The van der Waals surface area contributed by atoms with E-state index >= 15 is 0 Å². The van der Waals surface area contributed by atoms with Crippen LogP contribution in [-0.2, 0) is 0 Å². The van der Waals surface area contributed by atoms with E-state index in [-0.39, 0.29) is 5.75 Å². The summed E-state index contributed by atoms with van der Waals surface area (Å²) in [4.78, 5) is 0. The molecule has 0 amide bonds. The molecule has 16 heavy (non-hydrogen) atoms. The first-order valence-electron chi connectivity index (χ1n) is 5.53. The third kappa shape index (κ3) is 1.20. The average Bonchev–Trinajstić information content (AvgIpc) is 2.54. The standard InChI is InChI=1S/C13H12N2O/c14-7-9-8-15(10-2-1-3-10)13-6-11(16)4-5-12(9)13/h4-6,8,10,16H,1-3H2. The Hall–Kier alpha value is -1.95. The van der Waals surface area contributed by atoms with E-state index in [9.17, 15) is 5.11 Å². The molecule has 1 saturated carbocycles. The maximum absolute atomic E-state index is 9.51. The molecule has 1 aromatic carbocycles. The summed E-state index contributed by atoms with van der Waals surface area (Å²) in [6.07, 6.45) is 5.51. The summed E-state index contributed by atoms with van der Waals surface area (Å²) in [6, 6.07) is 7.91. The van der Waals surface area contributed by atoms with Crippen LogP contribution in [0.2, 0.25) is 0 Å². The Bertz CT molecular complexity index is 588. The Balaban J connectivity index is 2.27. The zero-order valence-electron chi connectivity index (χ0n) is 8.85. The van der Waals surface area contributed by atoms with Gasteiger partial charge in [0, 0.05) is 23.7 Å². The van der Waals surface area contributed by atoms with Gasteiger partial charge in [0.05, 0.1) is 11.1 Å². The molecule has 0 saturated heterocycles. The number of phenolic OH excluding ortho intramolecular Hbond substituents is 1. The summed E-state index contributed by atoms with van der Waals surface area (Å²) in [5.41, 5.74) is 1.67. The van der Waals surface area contributed by atoms with Crippen molar-refractivity contribution in [1.82, 2.24) is 4.57 Å². The quantitative estimate of drug-likeness (QED) is 0.790. The first kappa shape index (κ1) is 9.29. The largest absolute Gasteiger partial charge is 0.508 e. The molecule has 0 spiro atoms. The van der Waals surface area contributed by atoms with Gasteiger partial charge in [0.25, 0.3) is 0 Å². The molecule has 1 N–H and O–H groups in total. The Kier molecular flexibility index (Phi) is 1.90. The molecule has 3 rings (SSSR count). The number of nitrogens with zero attached hydrogens (tertiary/aromatic N) is 2. The van der Waals surface area contributed by atoms with Gasteiger partial charge in [-0.25, -0.2) is 0 Å². The predicted molar refractivity (Wildman–Crippen MR) is 61.2 cm³/mol. The molecular formula is C13H12N2O. The molecule has 1 heterocycles. The number of phenols is 1. The predicted octanol–water partition coefficient (Wildman–Crippen LogP) is 2.94. The molecule has 1 aromatic heterocycles. The summed E-state index contributed by atoms with van der Waals surface area (Å²) in [5, 5.41) is 19.5. The van der Waals surface area contributed by atoms with E-state index in [1.54, 1.807) is 12.1 Å². The normalized spacial score (nSPS) is 15.9. The fourth-order valence-electron chi connectivity index (χ4n) is 2.30. The molecule has 0 bridgehead atoms. The van der Waals surface area contributed by atoms with Gasteiger partial charge >= 0.3 is 0 Å². The van der Waals surface area contributed by atoms with Crippen LogP contribution < -0.4 is 0 Å². The molecule has 3 nitrogen and oxygen atoms in total. The highest BCUT2D eigenvalue weighted by Crippen LogP contribution is 2.36. The summed E-state index contributed by atoms with van der Waals surface area (Å²) in [5.74, 6) is 0.260. The van der Waals surface area contributed by atoms with Gasteiger partial charge < -0.3 is 9.67 Å². The molecule has 80 valence electrons. The maximum atomic E-state index is 9.51. The fraction of sp³-hybridized carbons (Fsp3) is 0.308. The molecule has 3 heteroatoms. The number of benzene rings is 1. The van der Waals surface area contributed by atoms with Crippen LogP contribution in [0.15, 0.2) is 24.4 Å². The van der Waals surface area contributed by atoms with Crippen LogP contribution in [0.1, 0.15) is 30.9 Å². The summed E-state index contributed by atoms with van der Waals surface area (Å²) in [6.45, 7) is 0. The van der Waals surface area contributed by atoms with Gasteiger partial charge in [-0.1, -0.05) is 0 Å². The van der Waals surface area contributed by atoms with Crippen molar-refractivity contribution in [2.24, 2.45) is 0 Å². The van der Waals surface area contributed by atoms with Gasteiger partial charge in [-0.05, 0) is 31.4 Å². The lowest BCUT2D eigenvalue weighted by Crippen LogP contribution is -2.15. The van der Waals surface area contributed by atoms with Gasteiger partial charge in [0.15, 0.2) is 0 Å². The topological polar surface area (TPSA) is 49.0 Å². The van der Waals surface area contributed by atoms with Crippen molar-refractivity contribution < 1.29 is 5.11 Å². The molecule has 0 radical (unpaired) electrons. The van der Waals surface area contributed by atoms with E-state index in [1.807, 2.05) is 12.3 Å². The number of aromatic hydroxyl groups is 1. The Morgan fingerprint density at radius 3 is 2.81 bits per heavy atom. The average molecular weight is 212 g/mol. The second-order valence-electron chi connectivity index (χ2n) is 4.35. The summed E-state index contributed by atoms with van der Waals surface area (Å²) < 4.78 is 2.14. The van der Waals surface area contributed by atoms with Crippen LogP contribution in [0.5, 0.6) is 5.75 Å². The highest BCUT2D eigenvalue weighted by Gasteiger charge is 2.22. The Morgan fingerprint density at radius 1 is 1.38 bits per heavy atom. The van der Waals surface area contributed by atoms with Crippen molar-refractivity contribution in [2.75, 3.05) is 0 Å². The van der Waals surface area contributed by atoms with E-state index in [0.29, 0.717) is 11.6 Å². The molecule has 2 aromatic rings. The van der Waals surface area contributed by atoms with Crippen molar-refractivity contribution in [3.8, 4) is 11.8 Å². The number of hydrogen-bond donors (Lipinski definition) is 1. The molecule has 1 aliphatic carbocycles. The smallest absolute Gasteiger partial charge is 0.117 e. The molecule has 0 atom stereocenters. The zero-order chi connectivity index (χ0) is 11.1. The number of rotatable bonds is 1. The lowest BCUT2D eigenvalue weighted by molar-refractivity contribution is 0.321. The SMILES string of the molecule is N#Cc1cn(C2CCC2)c2cc(O)ccc12. The molecule has 0 aliphatic heterocycles. The van der Waals surface area contributed by atoms with E-state index in [0.717, 1.165) is 10.9 Å². The number of hydrogen-bond acceptors (Lipinski definition) is 2. The van der Waals surface area contributed by atoms with Crippen LogP contribution in [0.25, 0.3) is 10.9 Å². The summed E-state index contributed by atoms with van der Waals surface area (Å²) >= 11 is 0. The summed E-state index contributed by atoms with van der Waals surface area (Å²) in [7, 11) is 0. The van der Waals surface area contributed by atoms with E-state index in [1.165, 1.54) is 19.3 Å². The van der Waals surface area contributed by atoms with E-state index < -0.39 is 0 Å². The Labute approximate surface area is 93.5 Å². The minimum absolute atomic E-state index is 0.260. The maximum Gasteiger partial charge on any atom is 0.117 e. The van der Waals surface area contributed by atoms with Crippen LogP contribution >= 0.6 is 0 Å². The Morgan fingerprint density at radius 2 is 2.19 bits per heavy atom. The van der Waals surface area contributed by atoms with E-state index in [4.69, 9.17) is 5.26 Å². The second-order valence-corrected chi connectivity index (χ2v) is 4.35. The van der Waals surface area contributed by atoms with Crippen LogP contribution in [0.4, 0.5) is 0 Å². The van der Waals surface area contributed by atoms with Crippen molar-refractivity contribution in [1.29, 1.82) is 5.26 Å². The van der Waals surface area contributed by atoms with Gasteiger partial charge in [-0.3, -0.25) is 0 Å². The van der Waals surface area contributed by atoms with Crippen molar-refractivity contribution in [3.63, 3.8) is 0 Å². The minimum atomic E-state index is 0.260. The van der Waals surface area contributed by atoms with Crippen molar-refractivity contribution in [2.45, 2.75) is 25.3 Å². The first-order chi connectivity index (χ1) is 7.79. The molecular weight excluding hydrogens is 200 g/mol. The molecule has 1 fully saturated rings. The monoisotopic (exact) mass is 212 g/mol. The van der Waals surface area contributed by atoms with Gasteiger partial charge in [-0.2, -0.15) is 5.26 Å². The zero-order valence-corrected chi connectivity index (χ0v) is 8.85. The number of nitriles is 1. The number of aromatic nitrogens is 1. The van der Waals surface area contributed by atoms with Crippen LogP contribution in [-0.4, -0.2) is 9.67 Å². The van der Waals surface area contributed by atoms with E-state index in [2.05, 4.69) is 10.6 Å². The van der Waals surface area contributed by atoms with Gasteiger partial charge in [0.1, 0.15) is 11.8 Å². The van der Waals surface area contributed by atoms with Gasteiger partial charge in [0.2, 0.25) is 0 Å². The third-order valence-corrected chi connectivity index (χ3v) is 3.41. The third-order valence-electron chi connectivity index (χ3n) is 3.41. The lowest BCUT2D eigenvalue weighted by atomic mass is 9.93. The van der Waals surface area contributed by atoms with Crippen LogP contribution in [0, 0.1) is 11.3 Å². The minimum Gasteiger partial charge on any atom is -0.508 e. The fourth-order valence-corrected chi connectivity index (χ4v) is 2.30. The number of fused-ring (bicyclic) bond motifs is 1. The second kappa shape index (κ2) is 3.28. The van der Waals surface area contributed by atoms with Crippen LogP contribution in [0.3, 0.4) is 0 Å². The highest BCUT2D eigenvalue weighted by atomic mass is 16.3. The van der Waals surface area contributed by atoms with Crippen molar-refractivity contribution >= 4 is 10.9 Å². The van der Waals surface area contributed by atoms with Gasteiger partial charge in [-0.15, -0.1) is 0 Å². The van der Waals surface area contributed by atoms with Crippen molar-refractivity contribution in [3.05, 3.63) is 30.0 Å².